The molecule has 28 heavy (non-hydrogen) atoms. The average molecular weight is 404 g/mol. The molecule has 2 fully saturated rings. The van der Waals surface area contributed by atoms with Crippen LogP contribution < -0.4 is 0 Å². The van der Waals surface area contributed by atoms with Gasteiger partial charge < -0.3 is 14.8 Å². The first-order valence-electron chi connectivity index (χ1n) is 9.68. The fourth-order valence-electron chi connectivity index (χ4n) is 5.08. The van der Waals surface area contributed by atoms with Gasteiger partial charge in [-0.15, -0.1) is 0 Å². The highest BCUT2D eigenvalue weighted by atomic mass is 35.5. The van der Waals surface area contributed by atoms with E-state index in [4.69, 9.17) is 16.3 Å². The summed E-state index contributed by atoms with van der Waals surface area (Å²) >= 11 is 6.29. The van der Waals surface area contributed by atoms with E-state index < -0.39 is 19.1 Å². The Bertz CT molecular complexity index is 872. The van der Waals surface area contributed by atoms with Gasteiger partial charge in [0.2, 0.25) is 11.8 Å². The fraction of sp³-hybridized carbons (Fsp3) is 0.500. The first-order valence-corrected chi connectivity index (χ1v) is 10.1. The molecule has 0 saturated carbocycles. The summed E-state index contributed by atoms with van der Waals surface area (Å²) in [6, 6.07) is 4.62. The molecular formula is C20H23BClNO5. The van der Waals surface area contributed by atoms with Crippen LogP contribution in [0.2, 0.25) is 5.02 Å². The van der Waals surface area contributed by atoms with Gasteiger partial charge in [-0.3, -0.25) is 14.5 Å². The molecule has 1 aliphatic carbocycles. The van der Waals surface area contributed by atoms with E-state index >= 15 is 0 Å². The molecule has 0 bridgehead atoms. The second kappa shape index (κ2) is 7.21. The minimum Gasteiger partial charge on any atom is -0.508 e. The number of benzene rings is 1. The number of nitrogens with zero attached hydrogens (tertiary/aromatic N) is 1. The van der Waals surface area contributed by atoms with Crippen molar-refractivity contribution in [3.63, 3.8) is 0 Å². The molecule has 4 rings (SSSR count). The molecule has 0 radical (unpaired) electrons. The van der Waals surface area contributed by atoms with Crippen molar-refractivity contribution in [2.24, 2.45) is 17.8 Å². The maximum absolute atomic E-state index is 12.8. The van der Waals surface area contributed by atoms with Crippen LogP contribution in [0.15, 0.2) is 29.2 Å². The standard InChI is InChI=1S/C20H23BClNO5/c1-3-4-10-7-14-17(20(26)23(2)19(14)25)13-9-16(28-21(27)18(10)13)12-6-5-11(24)8-15(12)22/h5-6,8,13-14,16-17,24,27H,3-4,7,9H2,1-2H3/t13-,14-,16-,17+/m0/s1. The monoisotopic (exact) mass is 403 g/mol. The highest BCUT2D eigenvalue weighted by molar-refractivity contribution is 6.53. The van der Waals surface area contributed by atoms with E-state index in [1.807, 2.05) is 0 Å². The zero-order valence-electron chi connectivity index (χ0n) is 15.9. The van der Waals surface area contributed by atoms with Crippen LogP contribution >= 0.6 is 11.6 Å². The number of phenolic OH excluding ortho intramolecular Hbond substituents is 1. The van der Waals surface area contributed by atoms with Gasteiger partial charge in [-0.25, -0.2) is 0 Å². The maximum atomic E-state index is 12.8. The number of aromatic hydroxyl groups is 1. The Morgan fingerprint density at radius 3 is 2.71 bits per heavy atom. The Hall–Kier alpha value is -1.83. The minimum atomic E-state index is -1.13. The molecule has 1 aromatic rings. The van der Waals surface area contributed by atoms with Gasteiger partial charge in [-0.2, -0.15) is 0 Å². The molecule has 3 aliphatic rings. The molecule has 6 nitrogen and oxygen atoms in total. The van der Waals surface area contributed by atoms with Crippen molar-refractivity contribution in [3.8, 4) is 5.75 Å². The Labute approximate surface area is 169 Å². The largest absolute Gasteiger partial charge is 0.508 e. The smallest absolute Gasteiger partial charge is 0.487 e. The van der Waals surface area contributed by atoms with Gasteiger partial charge in [-0.1, -0.05) is 36.6 Å². The van der Waals surface area contributed by atoms with E-state index in [1.54, 1.807) is 6.07 Å². The number of carbonyl (C=O) groups excluding carboxylic acids is 2. The number of hydrogen-bond donors (Lipinski definition) is 2. The molecular weight excluding hydrogens is 380 g/mol. The van der Waals surface area contributed by atoms with Crippen molar-refractivity contribution in [3.05, 3.63) is 39.8 Å². The molecule has 4 atom stereocenters. The van der Waals surface area contributed by atoms with E-state index in [1.165, 1.54) is 24.1 Å². The van der Waals surface area contributed by atoms with Crippen molar-refractivity contribution < 1.29 is 24.4 Å². The topological polar surface area (TPSA) is 87.1 Å². The minimum absolute atomic E-state index is 0.0480. The van der Waals surface area contributed by atoms with Crippen molar-refractivity contribution in [2.75, 3.05) is 7.05 Å². The molecule has 2 saturated heterocycles. The van der Waals surface area contributed by atoms with Gasteiger partial charge in [-0.05, 0) is 48.3 Å². The third-order valence-electron chi connectivity index (χ3n) is 6.31. The van der Waals surface area contributed by atoms with Gasteiger partial charge >= 0.3 is 7.12 Å². The fourth-order valence-corrected chi connectivity index (χ4v) is 5.38. The van der Waals surface area contributed by atoms with Gasteiger partial charge in [0, 0.05) is 12.1 Å². The summed E-state index contributed by atoms with van der Waals surface area (Å²) < 4.78 is 5.90. The predicted molar refractivity (Wildman–Crippen MR) is 104 cm³/mol. The summed E-state index contributed by atoms with van der Waals surface area (Å²) in [5.74, 6) is -1.37. The highest BCUT2D eigenvalue weighted by Crippen LogP contribution is 2.52. The lowest BCUT2D eigenvalue weighted by atomic mass is 9.54. The molecule has 2 aliphatic heterocycles. The summed E-state index contributed by atoms with van der Waals surface area (Å²) in [4.78, 5) is 26.7. The average Bonchev–Trinajstić information content (AvgIpc) is 2.86. The second-order valence-electron chi connectivity index (χ2n) is 7.91. The van der Waals surface area contributed by atoms with Crippen LogP contribution in [0, 0.1) is 17.8 Å². The Balaban J connectivity index is 1.76. The molecule has 2 N–H and O–H groups in total. The molecule has 2 heterocycles. The number of phenols is 1. The summed E-state index contributed by atoms with van der Waals surface area (Å²) in [5, 5.41) is 20.8. The van der Waals surface area contributed by atoms with Gasteiger partial charge in [0.05, 0.1) is 17.9 Å². The Morgan fingerprint density at radius 2 is 2.04 bits per heavy atom. The highest BCUT2D eigenvalue weighted by Gasteiger charge is 2.56. The van der Waals surface area contributed by atoms with E-state index in [-0.39, 0.29) is 29.4 Å². The number of hydrogen-bond acceptors (Lipinski definition) is 5. The number of rotatable bonds is 3. The van der Waals surface area contributed by atoms with Crippen molar-refractivity contribution >= 4 is 30.5 Å². The van der Waals surface area contributed by atoms with Crippen molar-refractivity contribution in [1.82, 2.24) is 4.90 Å². The molecule has 0 unspecified atom stereocenters. The third-order valence-corrected chi connectivity index (χ3v) is 6.64. The number of fused-ring (bicyclic) bond motifs is 3. The molecule has 0 spiro atoms. The third kappa shape index (κ3) is 2.96. The quantitative estimate of drug-likeness (QED) is 0.598. The van der Waals surface area contributed by atoms with Gasteiger partial charge in [0.1, 0.15) is 5.75 Å². The summed E-state index contributed by atoms with van der Waals surface area (Å²) in [5.41, 5.74) is 2.46. The number of likely N-dealkylation sites (tertiary alicyclic amines) is 1. The van der Waals surface area contributed by atoms with E-state index in [9.17, 15) is 19.7 Å². The van der Waals surface area contributed by atoms with E-state index in [0.29, 0.717) is 23.4 Å². The number of carbonyl (C=O) groups is 2. The molecule has 8 heteroatoms. The van der Waals surface area contributed by atoms with E-state index in [0.717, 1.165) is 23.9 Å². The SMILES string of the molecule is CCCC1=C2B(O)O[C@H](c3ccc(O)cc3Cl)C[C@H]2[C@H]2C(=O)N(C)C(=O)[C@H]2C1. The van der Waals surface area contributed by atoms with Crippen molar-refractivity contribution in [2.45, 2.75) is 38.7 Å². The number of imide groups is 1. The number of amides is 2. The molecule has 2 amide bonds. The van der Waals surface area contributed by atoms with Gasteiger partial charge in [0.15, 0.2) is 0 Å². The van der Waals surface area contributed by atoms with Crippen LogP contribution in [-0.2, 0) is 14.2 Å². The first-order chi connectivity index (χ1) is 13.3. The molecule has 148 valence electrons. The van der Waals surface area contributed by atoms with Crippen LogP contribution in [-0.4, -0.2) is 41.0 Å². The van der Waals surface area contributed by atoms with Crippen LogP contribution in [0.5, 0.6) is 5.75 Å². The number of allylic oxidation sites excluding steroid dienone is 2. The second-order valence-corrected chi connectivity index (χ2v) is 8.31. The normalized spacial score (nSPS) is 30.0. The van der Waals surface area contributed by atoms with E-state index in [2.05, 4.69) is 6.92 Å². The summed E-state index contributed by atoms with van der Waals surface area (Å²) in [6.07, 6.45) is 2.10. The Morgan fingerprint density at radius 1 is 1.29 bits per heavy atom. The lowest BCUT2D eigenvalue weighted by Gasteiger charge is -2.42. The first kappa shape index (κ1) is 19.5. The lowest BCUT2D eigenvalue weighted by molar-refractivity contribution is -0.138. The lowest BCUT2D eigenvalue weighted by Crippen LogP contribution is -2.44. The van der Waals surface area contributed by atoms with Crippen LogP contribution in [0.1, 0.15) is 44.3 Å². The summed E-state index contributed by atoms with van der Waals surface area (Å²) in [7, 11) is 0.400. The summed E-state index contributed by atoms with van der Waals surface area (Å²) in [6.45, 7) is 2.05. The Kier molecular flexibility index (Phi) is 5.02. The molecule has 0 aromatic heterocycles. The van der Waals surface area contributed by atoms with Crippen LogP contribution in [0.4, 0.5) is 0 Å². The van der Waals surface area contributed by atoms with Crippen molar-refractivity contribution in [1.29, 1.82) is 0 Å². The molecule has 1 aromatic carbocycles. The maximum Gasteiger partial charge on any atom is 0.487 e. The van der Waals surface area contributed by atoms with Gasteiger partial charge in [0.25, 0.3) is 0 Å². The zero-order chi connectivity index (χ0) is 20.2. The van der Waals surface area contributed by atoms with Crippen LogP contribution in [0.3, 0.4) is 0 Å². The number of halogens is 1. The van der Waals surface area contributed by atoms with Crippen LogP contribution in [0.25, 0.3) is 0 Å². The predicted octanol–water partition coefficient (Wildman–Crippen LogP) is 2.87. The zero-order valence-corrected chi connectivity index (χ0v) is 16.6.